The molecule has 1 heterocycles. The Kier molecular flexibility index (Phi) is 5.96. The first kappa shape index (κ1) is 20.9. The Labute approximate surface area is 167 Å². The van der Waals surface area contributed by atoms with Crippen LogP contribution in [0.25, 0.3) is 0 Å². The van der Waals surface area contributed by atoms with Crippen LogP contribution in [-0.4, -0.2) is 29.8 Å². The number of anilines is 1. The molecule has 0 bridgehead atoms. The Bertz CT molecular complexity index is 925. The maximum Gasteiger partial charge on any atom is 0.416 e. The summed E-state index contributed by atoms with van der Waals surface area (Å²) < 4.78 is 38.8. The van der Waals surface area contributed by atoms with Crippen molar-refractivity contribution in [1.82, 2.24) is 4.90 Å². The van der Waals surface area contributed by atoms with E-state index in [1.54, 1.807) is 0 Å². The quantitative estimate of drug-likeness (QED) is 0.798. The molecule has 0 aromatic heterocycles. The van der Waals surface area contributed by atoms with Crippen molar-refractivity contribution in [1.29, 1.82) is 0 Å². The van der Waals surface area contributed by atoms with E-state index in [1.807, 2.05) is 32.0 Å². The Morgan fingerprint density at radius 2 is 1.83 bits per heavy atom. The summed E-state index contributed by atoms with van der Waals surface area (Å²) >= 11 is 0. The molecule has 1 atom stereocenters. The molecule has 1 aliphatic heterocycles. The fourth-order valence-electron chi connectivity index (χ4n) is 3.51. The van der Waals surface area contributed by atoms with Crippen LogP contribution in [0.5, 0.6) is 0 Å². The average molecular weight is 404 g/mol. The van der Waals surface area contributed by atoms with Gasteiger partial charge in [0.15, 0.2) is 0 Å². The van der Waals surface area contributed by atoms with Crippen molar-refractivity contribution in [3.63, 3.8) is 0 Å². The molecule has 2 aromatic carbocycles. The summed E-state index contributed by atoms with van der Waals surface area (Å²) in [6.45, 7) is 4.49. The number of carbonyl (C=O) groups excluding carboxylic acids is 2. The van der Waals surface area contributed by atoms with Crippen LogP contribution in [0.4, 0.5) is 18.9 Å². The molecule has 2 aromatic rings. The van der Waals surface area contributed by atoms with Crippen molar-refractivity contribution < 1.29 is 22.8 Å². The first-order chi connectivity index (χ1) is 13.7. The van der Waals surface area contributed by atoms with Crippen molar-refractivity contribution in [2.45, 2.75) is 32.9 Å². The number of benzene rings is 2. The molecular formula is C22H23F3N2O2. The van der Waals surface area contributed by atoms with E-state index in [1.165, 1.54) is 17.0 Å². The van der Waals surface area contributed by atoms with Crippen LogP contribution in [0.3, 0.4) is 0 Å². The monoisotopic (exact) mass is 404 g/mol. The lowest BCUT2D eigenvalue weighted by atomic mass is 9.96. The van der Waals surface area contributed by atoms with Crippen molar-refractivity contribution in [3.8, 4) is 0 Å². The molecule has 29 heavy (non-hydrogen) atoms. The van der Waals surface area contributed by atoms with Gasteiger partial charge >= 0.3 is 6.18 Å². The molecule has 0 saturated carbocycles. The molecule has 2 amide bonds. The summed E-state index contributed by atoms with van der Waals surface area (Å²) in [6, 6.07) is 10.1. The minimum atomic E-state index is -4.51. The molecule has 7 heteroatoms. The molecule has 0 spiro atoms. The first-order valence-electron chi connectivity index (χ1n) is 9.50. The third kappa shape index (κ3) is 4.78. The lowest BCUT2D eigenvalue weighted by Crippen LogP contribution is -2.43. The molecule has 1 fully saturated rings. The summed E-state index contributed by atoms with van der Waals surface area (Å²) in [5.74, 6) is -1.07. The van der Waals surface area contributed by atoms with Gasteiger partial charge in [0, 0.05) is 24.3 Å². The van der Waals surface area contributed by atoms with Gasteiger partial charge in [-0.25, -0.2) is 0 Å². The summed E-state index contributed by atoms with van der Waals surface area (Å²) in [5, 5.41) is 2.92. The lowest BCUT2D eigenvalue weighted by Gasteiger charge is -2.32. The second kappa shape index (κ2) is 8.27. The van der Waals surface area contributed by atoms with Gasteiger partial charge in [0.05, 0.1) is 11.5 Å². The summed E-state index contributed by atoms with van der Waals surface area (Å²) in [4.78, 5) is 26.9. The zero-order valence-electron chi connectivity index (χ0n) is 16.3. The van der Waals surface area contributed by atoms with Gasteiger partial charge < -0.3 is 10.2 Å². The van der Waals surface area contributed by atoms with Gasteiger partial charge in [-0.15, -0.1) is 0 Å². The number of nitrogens with one attached hydrogen (secondary N) is 1. The van der Waals surface area contributed by atoms with Crippen LogP contribution in [0.2, 0.25) is 0 Å². The van der Waals surface area contributed by atoms with Crippen LogP contribution >= 0.6 is 0 Å². The van der Waals surface area contributed by atoms with Crippen LogP contribution in [0.15, 0.2) is 42.5 Å². The molecule has 0 unspecified atom stereocenters. The fourth-order valence-corrected chi connectivity index (χ4v) is 3.51. The summed E-state index contributed by atoms with van der Waals surface area (Å²) in [6.07, 6.45) is -3.26. The molecule has 4 nitrogen and oxygen atoms in total. The highest BCUT2D eigenvalue weighted by Crippen LogP contribution is 2.30. The van der Waals surface area contributed by atoms with Crippen LogP contribution in [0.1, 0.15) is 39.9 Å². The van der Waals surface area contributed by atoms with Gasteiger partial charge in [0.25, 0.3) is 5.91 Å². The summed E-state index contributed by atoms with van der Waals surface area (Å²) in [5.41, 5.74) is 1.90. The van der Waals surface area contributed by atoms with E-state index >= 15 is 0 Å². The van der Waals surface area contributed by atoms with Gasteiger partial charge in [-0.3, -0.25) is 9.59 Å². The molecular weight excluding hydrogens is 381 g/mol. The summed E-state index contributed by atoms with van der Waals surface area (Å²) in [7, 11) is 0. The highest BCUT2D eigenvalue weighted by molar-refractivity contribution is 5.96. The van der Waals surface area contributed by atoms with Crippen molar-refractivity contribution in [2.24, 2.45) is 5.92 Å². The number of piperidine rings is 1. The Balaban J connectivity index is 1.71. The number of amides is 2. The van der Waals surface area contributed by atoms with Crippen LogP contribution in [0, 0.1) is 19.8 Å². The Morgan fingerprint density at radius 3 is 2.55 bits per heavy atom. The maximum atomic E-state index is 12.9. The van der Waals surface area contributed by atoms with E-state index in [9.17, 15) is 22.8 Å². The number of carbonyl (C=O) groups is 2. The van der Waals surface area contributed by atoms with Gasteiger partial charge in [-0.1, -0.05) is 18.2 Å². The number of hydrogen-bond acceptors (Lipinski definition) is 2. The topological polar surface area (TPSA) is 49.4 Å². The molecule has 0 radical (unpaired) electrons. The van der Waals surface area contributed by atoms with Gasteiger partial charge in [-0.2, -0.15) is 13.2 Å². The normalized spacial score (nSPS) is 17.1. The molecule has 154 valence electrons. The number of aryl methyl sites for hydroxylation is 1. The number of likely N-dealkylation sites (tertiary alicyclic amines) is 1. The second-order valence-corrected chi connectivity index (χ2v) is 7.41. The van der Waals surface area contributed by atoms with Crippen LogP contribution < -0.4 is 5.32 Å². The smallest absolute Gasteiger partial charge is 0.338 e. The number of halogens is 3. The molecule has 0 aliphatic carbocycles. The third-order valence-electron chi connectivity index (χ3n) is 5.38. The molecule has 1 aliphatic rings. The third-order valence-corrected chi connectivity index (χ3v) is 5.38. The minimum Gasteiger partial charge on any atom is -0.338 e. The molecule has 1 N–H and O–H groups in total. The molecule has 3 rings (SSSR count). The lowest BCUT2D eigenvalue weighted by molar-refractivity contribution is -0.137. The van der Waals surface area contributed by atoms with Crippen LogP contribution in [-0.2, 0) is 11.0 Å². The van der Waals surface area contributed by atoms with E-state index in [0.717, 1.165) is 28.9 Å². The zero-order valence-corrected chi connectivity index (χ0v) is 16.3. The second-order valence-electron chi connectivity index (χ2n) is 7.41. The van der Waals surface area contributed by atoms with Crippen molar-refractivity contribution in [3.05, 3.63) is 64.7 Å². The SMILES string of the molecule is Cc1cccc(NC(=O)[C@@H]2CCCN(C(=O)c3cccc(C(F)(F)F)c3)C2)c1C. The van der Waals surface area contributed by atoms with E-state index in [0.29, 0.717) is 19.4 Å². The minimum absolute atomic E-state index is 0.0181. The largest absolute Gasteiger partial charge is 0.416 e. The highest BCUT2D eigenvalue weighted by Gasteiger charge is 2.33. The van der Waals surface area contributed by atoms with Crippen molar-refractivity contribution in [2.75, 3.05) is 18.4 Å². The van der Waals surface area contributed by atoms with E-state index in [4.69, 9.17) is 0 Å². The Hall–Kier alpha value is -2.83. The number of hydrogen-bond donors (Lipinski definition) is 1. The first-order valence-corrected chi connectivity index (χ1v) is 9.50. The van der Waals surface area contributed by atoms with Gasteiger partial charge in [0.1, 0.15) is 0 Å². The van der Waals surface area contributed by atoms with Gasteiger partial charge in [0.2, 0.25) is 5.91 Å². The zero-order chi connectivity index (χ0) is 21.2. The average Bonchev–Trinajstić information content (AvgIpc) is 2.70. The maximum absolute atomic E-state index is 12.9. The highest BCUT2D eigenvalue weighted by atomic mass is 19.4. The Morgan fingerprint density at radius 1 is 1.10 bits per heavy atom. The number of rotatable bonds is 3. The molecule has 1 saturated heterocycles. The van der Waals surface area contributed by atoms with Gasteiger partial charge in [-0.05, 0) is 62.1 Å². The number of alkyl halides is 3. The van der Waals surface area contributed by atoms with E-state index in [2.05, 4.69) is 5.32 Å². The predicted octanol–water partition coefficient (Wildman–Crippen LogP) is 4.81. The fraction of sp³-hybridized carbons (Fsp3) is 0.364. The van der Waals surface area contributed by atoms with Crippen molar-refractivity contribution >= 4 is 17.5 Å². The predicted molar refractivity (Wildman–Crippen MR) is 105 cm³/mol. The van der Waals surface area contributed by atoms with E-state index < -0.39 is 23.6 Å². The standard InChI is InChI=1S/C22H23F3N2O2/c1-14-6-3-10-19(15(14)2)26-20(28)17-8-5-11-27(13-17)21(29)16-7-4-9-18(12-16)22(23,24)25/h3-4,6-7,9-10,12,17H,5,8,11,13H2,1-2H3,(H,26,28)/t17-/m1/s1. The van der Waals surface area contributed by atoms with E-state index in [-0.39, 0.29) is 18.0 Å². The number of nitrogens with zero attached hydrogens (tertiary/aromatic N) is 1.